The van der Waals surface area contributed by atoms with Crippen LogP contribution in [0, 0.1) is 6.92 Å². The normalized spacial score (nSPS) is 12.4. The first-order chi connectivity index (χ1) is 9.11. The highest BCUT2D eigenvalue weighted by Crippen LogP contribution is 2.29. The van der Waals surface area contributed by atoms with Crippen LogP contribution in [0.1, 0.15) is 29.7 Å². The van der Waals surface area contributed by atoms with E-state index < -0.39 is 0 Å². The summed E-state index contributed by atoms with van der Waals surface area (Å²) in [5.41, 5.74) is 3.71. The number of hydrogen-bond acceptors (Lipinski definition) is 1. The van der Waals surface area contributed by atoms with Crippen LogP contribution in [0.15, 0.2) is 46.9 Å². The molecule has 3 heteroatoms. The largest absolute Gasteiger partial charge is 0.307 e. The molecule has 0 bridgehead atoms. The Morgan fingerprint density at radius 3 is 2.53 bits per heavy atom. The minimum Gasteiger partial charge on any atom is -0.307 e. The van der Waals surface area contributed by atoms with Gasteiger partial charge in [-0.05, 0) is 52.7 Å². The lowest BCUT2D eigenvalue weighted by molar-refractivity contribution is 0.630. The molecule has 19 heavy (non-hydrogen) atoms. The molecule has 2 aromatic rings. The first kappa shape index (κ1) is 14.6. The van der Waals surface area contributed by atoms with Gasteiger partial charge in [0, 0.05) is 4.47 Å². The van der Waals surface area contributed by atoms with Gasteiger partial charge in [0.05, 0.1) is 11.1 Å². The fraction of sp³-hybridized carbons (Fsp3) is 0.250. The predicted octanol–water partition coefficient (Wildman–Crippen LogP) is 5.11. The molecule has 0 spiro atoms. The van der Waals surface area contributed by atoms with Gasteiger partial charge in [-0.15, -0.1) is 0 Å². The van der Waals surface area contributed by atoms with Crippen molar-refractivity contribution in [3.05, 3.63) is 68.7 Å². The second-order valence-electron chi connectivity index (χ2n) is 4.58. The first-order valence-electron chi connectivity index (χ1n) is 6.36. The molecule has 0 amide bonds. The Balaban J connectivity index is 2.42. The van der Waals surface area contributed by atoms with Gasteiger partial charge < -0.3 is 5.32 Å². The SMILES string of the molecule is CCNC(c1cccc(C)c1)c1ccc(Br)c(Cl)c1. The van der Waals surface area contributed by atoms with E-state index in [0.717, 1.165) is 16.0 Å². The minimum absolute atomic E-state index is 0.176. The smallest absolute Gasteiger partial charge is 0.0577 e. The summed E-state index contributed by atoms with van der Waals surface area (Å²) in [6.45, 7) is 5.14. The van der Waals surface area contributed by atoms with Crippen molar-refractivity contribution in [3.8, 4) is 0 Å². The average molecular weight is 339 g/mol. The van der Waals surface area contributed by atoms with Gasteiger partial charge >= 0.3 is 0 Å². The molecule has 0 aliphatic carbocycles. The van der Waals surface area contributed by atoms with Crippen molar-refractivity contribution in [1.29, 1.82) is 0 Å². The highest BCUT2D eigenvalue weighted by molar-refractivity contribution is 9.10. The van der Waals surface area contributed by atoms with E-state index in [1.807, 2.05) is 12.1 Å². The molecular formula is C16H17BrClN. The van der Waals surface area contributed by atoms with E-state index in [1.165, 1.54) is 16.7 Å². The second kappa shape index (κ2) is 6.56. The Labute approximate surface area is 128 Å². The Bertz CT molecular complexity index is 568. The molecule has 2 rings (SSSR count). The lowest BCUT2D eigenvalue weighted by atomic mass is 9.97. The van der Waals surface area contributed by atoms with Crippen molar-refractivity contribution in [2.45, 2.75) is 19.9 Å². The van der Waals surface area contributed by atoms with Crippen LogP contribution >= 0.6 is 27.5 Å². The van der Waals surface area contributed by atoms with Crippen molar-refractivity contribution in [3.63, 3.8) is 0 Å². The Hall–Kier alpha value is -0.830. The molecule has 1 nitrogen and oxygen atoms in total. The van der Waals surface area contributed by atoms with Crippen LogP contribution in [-0.4, -0.2) is 6.54 Å². The Kier molecular flexibility index (Phi) is 5.03. The van der Waals surface area contributed by atoms with Gasteiger partial charge in [-0.2, -0.15) is 0 Å². The summed E-state index contributed by atoms with van der Waals surface area (Å²) in [6.07, 6.45) is 0. The highest BCUT2D eigenvalue weighted by Gasteiger charge is 2.14. The highest BCUT2D eigenvalue weighted by atomic mass is 79.9. The summed E-state index contributed by atoms with van der Waals surface area (Å²) in [5.74, 6) is 0. The van der Waals surface area contributed by atoms with Crippen molar-refractivity contribution < 1.29 is 0 Å². The molecule has 0 radical (unpaired) electrons. The standard InChI is InChI=1S/C16H17BrClN/c1-3-19-16(12-6-4-5-11(2)9-12)13-7-8-14(17)15(18)10-13/h4-10,16,19H,3H2,1-2H3. The third-order valence-electron chi connectivity index (χ3n) is 3.06. The summed E-state index contributed by atoms with van der Waals surface area (Å²) in [4.78, 5) is 0. The molecule has 1 N–H and O–H groups in total. The van der Waals surface area contributed by atoms with Crippen LogP contribution in [-0.2, 0) is 0 Å². The number of hydrogen-bond donors (Lipinski definition) is 1. The van der Waals surface area contributed by atoms with Gasteiger partial charge in [0.1, 0.15) is 0 Å². The van der Waals surface area contributed by atoms with Crippen LogP contribution < -0.4 is 5.32 Å². The number of nitrogens with one attached hydrogen (secondary N) is 1. The summed E-state index contributed by atoms with van der Waals surface area (Å²) < 4.78 is 0.928. The van der Waals surface area contributed by atoms with Gasteiger partial charge in [0.25, 0.3) is 0 Å². The lowest BCUT2D eigenvalue weighted by Gasteiger charge is -2.20. The van der Waals surface area contributed by atoms with Gasteiger partial charge in [-0.1, -0.05) is 54.4 Å². The van der Waals surface area contributed by atoms with Crippen LogP contribution in [0.5, 0.6) is 0 Å². The van der Waals surface area contributed by atoms with Crippen LogP contribution in [0.4, 0.5) is 0 Å². The van der Waals surface area contributed by atoms with Crippen molar-refractivity contribution in [1.82, 2.24) is 5.32 Å². The van der Waals surface area contributed by atoms with Crippen molar-refractivity contribution in [2.24, 2.45) is 0 Å². The van der Waals surface area contributed by atoms with Crippen LogP contribution in [0.2, 0.25) is 5.02 Å². The number of benzene rings is 2. The predicted molar refractivity (Wildman–Crippen MR) is 85.9 cm³/mol. The summed E-state index contributed by atoms with van der Waals surface area (Å²) in [5, 5.41) is 4.26. The van der Waals surface area contributed by atoms with E-state index in [4.69, 9.17) is 11.6 Å². The molecule has 2 aromatic carbocycles. The van der Waals surface area contributed by atoms with Gasteiger partial charge in [0.15, 0.2) is 0 Å². The molecule has 0 saturated heterocycles. The molecule has 0 fully saturated rings. The third-order valence-corrected chi connectivity index (χ3v) is 4.29. The van der Waals surface area contributed by atoms with E-state index in [2.05, 4.69) is 65.4 Å². The Morgan fingerprint density at radius 2 is 1.89 bits per heavy atom. The maximum Gasteiger partial charge on any atom is 0.0577 e. The summed E-state index contributed by atoms with van der Waals surface area (Å²) in [6, 6.07) is 14.9. The molecule has 0 aliphatic rings. The summed E-state index contributed by atoms with van der Waals surface area (Å²) in [7, 11) is 0. The monoisotopic (exact) mass is 337 g/mol. The fourth-order valence-electron chi connectivity index (χ4n) is 2.17. The molecule has 0 aliphatic heterocycles. The average Bonchev–Trinajstić information content (AvgIpc) is 2.39. The van der Waals surface area contributed by atoms with E-state index in [-0.39, 0.29) is 6.04 Å². The van der Waals surface area contributed by atoms with Crippen LogP contribution in [0.25, 0.3) is 0 Å². The number of halogens is 2. The zero-order valence-corrected chi connectivity index (χ0v) is 13.4. The molecule has 0 aromatic heterocycles. The number of aryl methyl sites for hydroxylation is 1. The first-order valence-corrected chi connectivity index (χ1v) is 7.54. The minimum atomic E-state index is 0.176. The zero-order valence-electron chi connectivity index (χ0n) is 11.1. The molecule has 1 atom stereocenters. The van der Waals surface area contributed by atoms with Gasteiger partial charge in [0.2, 0.25) is 0 Å². The quantitative estimate of drug-likeness (QED) is 0.817. The Morgan fingerprint density at radius 1 is 1.16 bits per heavy atom. The topological polar surface area (TPSA) is 12.0 Å². The van der Waals surface area contributed by atoms with E-state index in [0.29, 0.717) is 0 Å². The van der Waals surface area contributed by atoms with Crippen LogP contribution in [0.3, 0.4) is 0 Å². The summed E-state index contributed by atoms with van der Waals surface area (Å²) >= 11 is 9.64. The van der Waals surface area contributed by atoms with Crippen molar-refractivity contribution >= 4 is 27.5 Å². The second-order valence-corrected chi connectivity index (χ2v) is 5.84. The maximum absolute atomic E-state index is 6.20. The molecule has 0 heterocycles. The fourth-order valence-corrected chi connectivity index (χ4v) is 2.61. The van der Waals surface area contributed by atoms with E-state index >= 15 is 0 Å². The van der Waals surface area contributed by atoms with Crippen molar-refractivity contribution in [2.75, 3.05) is 6.54 Å². The van der Waals surface area contributed by atoms with Gasteiger partial charge in [-0.3, -0.25) is 0 Å². The lowest BCUT2D eigenvalue weighted by Crippen LogP contribution is -2.22. The molecule has 0 saturated carbocycles. The van der Waals surface area contributed by atoms with Gasteiger partial charge in [-0.25, -0.2) is 0 Å². The molecular weight excluding hydrogens is 322 g/mol. The van der Waals surface area contributed by atoms with E-state index in [1.54, 1.807) is 0 Å². The maximum atomic E-state index is 6.20. The number of rotatable bonds is 4. The zero-order chi connectivity index (χ0) is 13.8. The van der Waals surface area contributed by atoms with E-state index in [9.17, 15) is 0 Å². The third kappa shape index (κ3) is 3.59. The molecule has 1 unspecified atom stereocenters. The molecule has 100 valence electrons.